The quantitative estimate of drug-likeness (QED) is 0.568. The Hall–Kier alpha value is -3.10. The van der Waals surface area contributed by atoms with E-state index in [2.05, 4.69) is 10.3 Å². The SMILES string of the molecule is O=C(Cc1cc(=O)[nH]c(=O)[nH]1)NCc1ccc(C(=O)O)o1. The number of aromatic nitrogens is 2. The molecule has 0 aliphatic heterocycles. The molecule has 2 aromatic rings. The van der Waals surface area contributed by atoms with Gasteiger partial charge in [-0.15, -0.1) is 0 Å². The minimum Gasteiger partial charge on any atom is -0.475 e. The number of rotatable bonds is 5. The number of H-pyrrole nitrogens is 2. The van der Waals surface area contributed by atoms with Gasteiger partial charge in [-0.2, -0.15) is 0 Å². The lowest BCUT2D eigenvalue weighted by Gasteiger charge is -2.03. The molecule has 2 rings (SSSR count). The Balaban J connectivity index is 1.93. The van der Waals surface area contributed by atoms with Crippen molar-refractivity contribution in [3.05, 3.63) is 56.3 Å². The number of aromatic amines is 2. The second kappa shape index (κ2) is 5.90. The van der Waals surface area contributed by atoms with Crippen molar-refractivity contribution in [1.29, 1.82) is 0 Å². The molecule has 2 aromatic heterocycles. The zero-order valence-corrected chi connectivity index (χ0v) is 10.6. The highest BCUT2D eigenvalue weighted by Crippen LogP contribution is 2.07. The van der Waals surface area contributed by atoms with Gasteiger partial charge in [0.2, 0.25) is 11.7 Å². The van der Waals surface area contributed by atoms with Crippen LogP contribution < -0.4 is 16.6 Å². The number of carboxylic acid groups (broad SMARTS) is 1. The first kappa shape index (κ1) is 14.3. The van der Waals surface area contributed by atoms with Crippen LogP contribution in [0.25, 0.3) is 0 Å². The highest BCUT2D eigenvalue weighted by Gasteiger charge is 2.10. The summed E-state index contributed by atoms with van der Waals surface area (Å²) in [7, 11) is 0. The normalized spacial score (nSPS) is 10.3. The van der Waals surface area contributed by atoms with Gasteiger partial charge in [-0.1, -0.05) is 0 Å². The molecule has 9 heteroatoms. The van der Waals surface area contributed by atoms with E-state index < -0.39 is 23.1 Å². The first-order valence-corrected chi connectivity index (χ1v) is 5.85. The molecule has 9 nitrogen and oxygen atoms in total. The number of carbonyl (C=O) groups is 2. The summed E-state index contributed by atoms with van der Waals surface area (Å²) in [6, 6.07) is 3.81. The highest BCUT2D eigenvalue weighted by molar-refractivity contribution is 5.84. The minimum atomic E-state index is -1.20. The number of carbonyl (C=O) groups excluding carboxylic acids is 1. The van der Waals surface area contributed by atoms with Crippen LogP contribution in [0, 0.1) is 0 Å². The number of hydrogen-bond acceptors (Lipinski definition) is 5. The summed E-state index contributed by atoms with van der Waals surface area (Å²) in [5.74, 6) is -1.60. The second-order valence-corrected chi connectivity index (χ2v) is 4.14. The summed E-state index contributed by atoms with van der Waals surface area (Å²) in [6.07, 6.45) is -0.189. The molecule has 4 N–H and O–H groups in total. The Kier molecular flexibility index (Phi) is 4.02. The van der Waals surface area contributed by atoms with Crippen LogP contribution in [0.15, 0.2) is 32.2 Å². The smallest absolute Gasteiger partial charge is 0.371 e. The highest BCUT2D eigenvalue weighted by atomic mass is 16.4. The van der Waals surface area contributed by atoms with Crippen LogP contribution in [0.3, 0.4) is 0 Å². The van der Waals surface area contributed by atoms with Gasteiger partial charge in [0.05, 0.1) is 13.0 Å². The molecular weight excluding hydrogens is 282 g/mol. The molecule has 0 saturated carbocycles. The molecule has 0 aliphatic carbocycles. The number of nitrogens with one attached hydrogen (secondary N) is 3. The van der Waals surface area contributed by atoms with Crippen molar-refractivity contribution in [3.63, 3.8) is 0 Å². The largest absolute Gasteiger partial charge is 0.475 e. The molecule has 0 aromatic carbocycles. The van der Waals surface area contributed by atoms with E-state index in [9.17, 15) is 19.2 Å². The van der Waals surface area contributed by atoms with Gasteiger partial charge in [0.1, 0.15) is 5.76 Å². The van der Waals surface area contributed by atoms with Crippen LogP contribution >= 0.6 is 0 Å². The van der Waals surface area contributed by atoms with Crippen molar-refractivity contribution < 1.29 is 19.1 Å². The minimum absolute atomic E-state index is 0.000460. The van der Waals surface area contributed by atoms with Crippen LogP contribution in [0.5, 0.6) is 0 Å². The average molecular weight is 293 g/mol. The van der Waals surface area contributed by atoms with Gasteiger partial charge < -0.3 is 19.8 Å². The zero-order valence-electron chi connectivity index (χ0n) is 10.6. The van der Waals surface area contributed by atoms with E-state index in [1.54, 1.807) is 0 Å². The van der Waals surface area contributed by atoms with Gasteiger partial charge in [-0.25, -0.2) is 9.59 Å². The van der Waals surface area contributed by atoms with Gasteiger partial charge in [0.25, 0.3) is 5.56 Å². The van der Waals surface area contributed by atoms with Crippen molar-refractivity contribution >= 4 is 11.9 Å². The molecule has 1 amide bonds. The first-order valence-electron chi connectivity index (χ1n) is 5.85. The maximum absolute atomic E-state index is 11.6. The van der Waals surface area contributed by atoms with Crippen LogP contribution in [-0.2, 0) is 17.8 Å². The molecule has 0 atom stereocenters. The van der Waals surface area contributed by atoms with Gasteiger partial charge in [0, 0.05) is 11.8 Å². The third-order valence-corrected chi connectivity index (χ3v) is 2.50. The summed E-state index contributed by atoms with van der Waals surface area (Å²) < 4.78 is 4.96. The summed E-state index contributed by atoms with van der Waals surface area (Å²) in [5.41, 5.74) is -1.12. The third-order valence-electron chi connectivity index (χ3n) is 2.50. The average Bonchev–Trinajstić information content (AvgIpc) is 2.84. The number of furan rings is 1. The fourth-order valence-corrected chi connectivity index (χ4v) is 1.62. The van der Waals surface area contributed by atoms with E-state index >= 15 is 0 Å². The Morgan fingerprint density at radius 2 is 2.00 bits per heavy atom. The van der Waals surface area contributed by atoms with Crippen LogP contribution in [-0.4, -0.2) is 27.0 Å². The van der Waals surface area contributed by atoms with Gasteiger partial charge in [-0.05, 0) is 12.1 Å². The van der Waals surface area contributed by atoms with Crippen molar-refractivity contribution in [2.75, 3.05) is 0 Å². The van der Waals surface area contributed by atoms with Crippen LogP contribution in [0.2, 0.25) is 0 Å². The predicted molar refractivity (Wildman–Crippen MR) is 68.9 cm³/mol. The molecule has 2 heterocycles. The second-order valence-electron chi connectivity index (χ2n) is 4.14. The molecule has 21 heavy (non-hydrogen) atoms. The standard InChI is InChI=1S/C12H11N3O6/c16-9(3-6-4-10(17)15-12(20)14-6)13-5-7-1-2-8(21-7)11(18)19/h1-2,4H,3,5H2,(H,13,16)(H,18,19)(H2,14,15,17,20). The van der Waals surface area contributed by atoms with Crippen molar-refractivity contribution in [2.45, 2.75) is 13.0 Å². The Morgan fingerprint density at radius 3 is 2.62 bits per heavy atom. The first-order chi connectivity index (χ1) is 9.94. The summed E-state index contributed by atoms with van der Waals surface area (Å²) in [4.78, 5) is 48.7. The molecule has 0 aliphatic rings. The molecule has 0 fully saturated rings. The van der Waals surface area contributed by atoms with Crippen LogP contribution in [0.4, 0.5) is 0 Å². The predicted octanol–water partition coefficient (Wildman–Crippen LogP) is -0.787. The lowest BCUT2D eigenvalue weighted by atomic mass is 10.3. The molecule has 0 unspecified atom stereocenters. The number of hydrogen-bond donors (Lipinski definition) is 4. The summed E-state index contributed by atoms with van der Waals surface area (Å²) in [5, 5.41) is 11.2. The maximum atomic E-state index is 11.6. The lowest BCUT2D eigenvalue weighted by molar-refractivity contribution is -0.120. The fraction of sp³-hybridized carbons (Fsp3) is 0.167. The van der Waals surface area contributed by atoms with Crippen molar-refractivity contribution in [3.8, 4) is 0 Å². The summed E-state index contributed by atoms with van der Waals surface area (Å²) in [6.45, 7) is -0.000460. The monoisotopic (exact) mass is 293 g/mol. The van der Waals surface area contributed by atoms with Crippen LogP contribution in [0.1, 0.15) is 22.0 Å². The van der Waals surface area contributed by atoms with Crippen molar-refractivity contribution in [1.82, 2.24) is 15.3 Å². The third kappa shape index (κ3) is 3.93. The Labute approximate surface area is 116 Å². The topological polar surface area (TPSA) is 145 Å². The molecule has 0 saturated heterocycles. The summed E-state index contributed by atoms with van der Waals surface area (Å²) >= 11 is 0. The van der Waals surface area contributed by atoms with Gasteiger partial charge in [-0.3, -0.25) is 14.6 Å². The Bertz CT molecular complexity index is 756. The van der Waals surface area contributed by atoms with Gasteiger partial charge in [0.15, 0.2) is 0 Å². The fourth-order valence-electron chi connectivity index (χ4n) is 1.62. The van der Waals surface area contributed by atoms with E-state index in [-0.39, 0.29) is 30.2 Å². The number of amides is 1. The number of aromatic carboxylic acids is 1. The van der Waals surface area contributed by atoms with Gasteiger partial charge >= 0.3 is 11.7 Å². The molecule has 0 spiro atoms. The maximum Gasteiger partial charge on any atom is 0.371 e. The molecule has 0 bridgehead atoms. The van der Waals surface area contributed by atoms with E-state index in [4.69, 9.17) is 9.52 Å². The number of carboxylic acids is 1. The molecular formula is C12H11N3O6. The Morgan fingerprint density at radius 1 is 1.24 bits per heavy atom. The zero-order chi connectivity index (χ0) is 15.4. The lowest BCUT2D eigenvalue weighted by Crippen LogP contribution is -2.28. The van der Waals surface area contributed by atoms with E-state index in [1.807, 2.05) is 4.98 Å². The molecule has 0 radical (unpaired) electrons. The van der Waals surface area contributed by atoms with E-state index in [0.717, 1.165) is 6.07 Å². The van der Waals surface area contributed by atoms with Crippen molar-refractivity contribution in [2.24, 2.45) is 0 Å². The van der Waals surface area contributed by atoms with E-state index in [1.165, 1.54) is 12.1 Å². The van der Waals surface area contributed by atoms with E-state index in [0.29, 0.717) is 0 Å². The molecule has 110 valence electrons.